The molecule has 2 saturated heterocycles. The zero-order valence-corrected chi connectivity index (χ0v) is 15.1. The first kappa shape index (κ1) is 18.3. The number of rotatable bonds is 3. The van der Waals surface area contributed by atoms with Crippen molar-refractivity contribution in [2.75, 3.05) is 26.2 Å². The Kier molecular flexibility index (Phi) is 4.88. The molecule has 3 heterocycles. The first-order valence-corrected chi connectivity index (χ1v) is 9.56. The third kappa shape index (κ3) is 3.83. The molecule has 4 nitrogen and oxygen atoms in total. The van der Waals surface area contributed by atoms with Crippen molar-refractivity contribution in [3.05, 3.63) is 35.6 Å². The van der Waals surface area contributed by atoms with Gasteiger partial charge in [0.05, 0.1) is 5.56 Å². The maximum atomic E-state index is 12.9. The second-order valence-corrected chi connectivity index (χ2v) is 7.52. The number of fused-ring (bicyclic) bond motifs is 1. The summed E-state index contributed by atoms with van der Waals surface area (Å²) < 4.78 is 44.2. The predicted molar refractivity (Wildman–Crippen MR) is 95.6 cm³/mol. The molecule has 0 saturated carbocycles. The fourth-order valence-corrected chi connectivity index (χ4v) is 4.20. The Balaban J connectivity index is 1.52. The van der Waals surface area contributed by atoms with Gasteiger partial charge >= 0.3 is 6.18 Å². The lowest BCUT2D eigenvalue weighted by molar-refractivity contribution is -0.137. The standard InChI is InChI=1S/C20H23F3N2O2/c21-20(22,23)15-6-7-17-14(11-15)12-18(27-17)19(26)25-10-4-5-16(25)13-24-8-2-1-3-9-24/h6-7,11-12,16H,1-5,8-10,13H2. The van der Waals surface area contributed by atoms with Gasteiger partial charge in [-0.3, -0.25) is 4.79 Å². The van der Waals surface area contributed by atoms with Crippen molar-refractivity contribution in [3.63, 3.8) is 0 Å². The van der Waals surface area contributed by atoms with Gasteiger partial charge in [0.25, 0.3) is 5.91 Å². The molecule has 1 amide bonds. The minimum atomic E-state index is -4.41. The Hall–Kier alpha value is -2.02. The number of amides is 1. The van der Waals surface area contributed by atoms with Crippen LogP contribution in [0, 0.1) is 0 Å². The SMILES string of the molecule is O=C(c1cc2cc(C(F)(F)F)ccc2o1)N1CCCC1CN1CCCCC1. The zero-order valence-electron chi connectivity index (χ0n) is 15.1. The van der Waals surface area contributed by atoms with Gasteiger partial charge in [-0.1, -0.05) is 6.42 Å². The third-order valence-electron chi connectivity index (χ3n) is 5.61. The van der Waals surface area contributed by atoms with Gasteiger partial charge in [0.15, 0.2) is 5.76 Å². The number of carbonyl (C=O) groups is 1. The molecule has 146 valence electrons. The number of piperidine rings is 1. The zero-order chi connectivity index (χ0) is 19.0. The van der Waals surface area contributed by atoms with Gasteiger partial charge in [-0.2, -0.15) is 13.2 Å². The van der Waals surface area contributed by atoms with Gasteiger partial charge < -0.3 is 14.2 Å². The lowest BCUT2D eigenvalue weighted by Gasteiger charge is -2.32. The first-order valence-electron chi connectivity index (χ1n) is 9.56. The van der Waals surface area contributed by atoms with E-state index in [0.29, 0.717) is 17.5 Å². The van der Waals surface area contributed by atoms with Crippen LogP contribution in [0.15, 0.2) is 28.7 Å². The molecule has 1 aromatic heterocycles. The molecule has 1 atom stereocenters. The van der Waals surface area contributed by atoms with Crippen molar-refractivity contribution >= 4 is 16.9 Å². The van der Waals surface area contributed by atoms with E-state index in [1.54, 1.807) is 0 Å². The number of halogens is 3. The van der Waals surface area contributed by atoms with Crippen LogP contribution in [0.1, 0.15) is 48.2 Å². The molecule has 1 unspecified atom stereocenters. The Morgan fingerprint density at radius 2 is 1.85 bits per heavy atom. The van der Waals surface area contributed by atoms with Crippen molar-refractivity contribution in [1.29, 1.82) is 0 Å². The van der Waals surface area contributed by atoms with Crippen LogP contribution in [-0.2, 0) is 6.18 Å². The van der Waals surface area contributed by atoms with E-state index in [0.717, 1.165) is 44.6 Å². The highest BCUT2D eigenvalue weighted by Crippen LogP contribution is 2.33. The minimum Gasteiger partial charge on any atom is -0.451 e. The smallest absolute Gasteiger partial charge is 0.416 e. The molecular weight excluding hydrogens is 357 g/mol. The van der Waals surface area contributed by atoms with Gasteiger partial charge in [0, 0.05) is 24.5 Å². The molecule has 0 bridgehead atoms. The van der Waals surface area contributed by atoms with Crippen LogP contribution in [0.5, 0.6) is 0 Å². The van der Waals surface area contributed by atoms with E-state index in [9.17, 15) is 18.0 Å². The highest BCUT2D eigenvalue weighted by atomic mass is 19.4. The van der Waals surface area contributed by atoms with Crippen LogP contribution < -0.4 is 0 Å². The highest BCUT2D eigenvalue weighted by Gasteiger charge is 2.34. The summed E-state index contributed by atoms with van der Waals surface area (Å²) in [6.07, 6.45) is 1.16. The van der Waals surface area contributed by atoms with Gasteiger partial charge in [-0.25, -0.2) is 0 Å². The average molecular weight is 380 g/mol. The van der Waals surface area contributed by atoms with Crippen molar-refractivity contribution < 1.29 is 22.4 Å². The Morgan fingerprint density at radius 3 is 2.59 bits per heavy atom. The average Bonchev–Trinajstić information content (AvgIpc) is 3.27. The van der Waals surface area contributed by atoms with Crippen LogP contribution in [0.2, 0.25) is 0 Å². The Morgan fingerprint density at radius 1 is 1.07 bits per heavy atom. The minimum absolute atomic E-state index is 0.120. The summed E-state index contributed by atoms with van der Waals surface area (Å²) in [7, 11) is 0. The van der Waals surface area contributed by atoms with E-state index < -0.39 is 11.7 Å². The van der Waals surface area contributed by atoms with E-state index in [2.05, 4.69) is 4.90 Å². The lowest BCUT2D eigenvalue weighted by atomic mass is 10.1. The quantitative estimate of drug-likeness (QED) is 0.784. The number of likely N-dealkylation sites (tertiary alicyclic amines) is 2. The number of carbonyl (C=O) groups excluding carboxylic acids is 1. The molecular formula is C20H23F3N2O2. The fourth-order valence-electron chi connectivity index (χ4n) is 4.20. The van der Waals surface area contributed by atoms with Crippen molar-refractivity contribution in [2.24, 2.45) is 0 Å². The summed E-state index contributed by atoms with van der Waals surface area (Å²) in [4.78, 5) is 17.2. The molecule has 4 rings (SSSR count). The van der Waals surface area contributed by atoms with E-state index in [1.807, 2.05) is 4.90 Å². The molecule has 0 N–H and O–H groups in total. The van der Waals surface area contributed by atoms with Gasteiger partial charge in [-0.05, 0) is 63.0 Å². The number of hydrogen-bond donors (Lipinski definition) is 0. The summed E-state index contributed by atoms with van der Waals surface area (Å²) in [6, 6.07) is 4.88. The first-order chi connectivity index (χ1) is 12.9. The Labute approximate surface area is 155 Å². The van der Waals surface area contributed by atoms with Crippen molar-refractivity contribution in [1.82, 2.24) is 9.80 Å². The molecule has 27 heavy (non-hydrogen) atoms. The van der Waals surface area contributed by atoms with Gasteiger partial charge in [0.2, 0.25) is 0 Å². The lowest BCUT2D eigenvalue weighted by Crippen LogP contribution is -2.44. The molecule has 1 aromatic carbocycles. The molecule has 2 aromatic rings. The van der Waals surface area contributed by atoms with E-state index >= 15 is 0 Å². The molecule has 2 fully saturated rings. The number of furan rings is 1. The largest absolute Gasteiger partial charge is 0.451 e. The summed E-state index contributed by atoms with van der Waals surface area (Å²) in [5.74, 6) is -0.103. The molecule has 2 aliphatic rings. The van der Waals surface area contributed by atoms with Crippen molar-refractivity contribution in [2.45, 2.75) is 44.3 Å². The van der Waals surface area contributed by atoms with Crippen LogP contribution in [0.25, 0.3) is 11.0 Å². The molecule has 2 aliphatic heterocycles. The molecule has 0 spiro atoms. The predicted octanol–water partition coefficient (Wildman–Crippen LogP) is 4.54. The molecule has 0 aliphatic carbocycles. The van der Waals surface area contributed by atoms with Crippen LogP contribution in [-0.4, -0.2) is 47.9 Å². The number of benzene rings is 1. The summed E-state index contributed by atoms with van der Waals surface area (Å²) in [5.41, 5.74) is -0.433. The Bertz CT molecular complexity index is 824. The highest BCUT2D eigenvalue weighted by molar-refractivity contribution is 5.96. The fraction of sp³-hybridized carbons (Fsp3) is 0.550. The third-order valence-corrected chi connectivity index (χ3v) is 5.61. The molecule has 0 radical (unpaired) electrons. The van der Waals surface area contributed by atoms with Gasteiger partial charge in [-0.15, -0.1) is 0 Å². The second kappa shape index (κ2) is 7.19. The summed E-state index contributed by atoms with van der Waals surface area (Å²) in [5, 5.41) is 0.306. The van der Waals surface area contributed by atoms with Gasteiger partial charge in [0.1, 0.15) is 5.58 Å². The van der Waals surface area contributed by atoms with Crippen LogP contribution in [0.4, 0.5) is 13.2 Å². The van der Waals surface area contributed by atoms with Crippen LogP contribution in [0.3, 0.4) is 0 Å². The van der Waals surface area contributed by atoms with E-state index in [1.165, 1.54) is 31.4 Å². The van der Waals surface area contributed by atoms with Crippen LogP contribution >= 0.6 is 0 Å². The van der Waals surface area contributed by atoms with E-state index in [-0.39, 0.29) is 17.7 Å². The number of hydrogen-bond acceptors (Lipinski definition) is 3. The summed E-state index contributed by atoms with van der Waals surface area (Å²) >= 11 is 0. The monoisotopic (exact) mass is 380 g/mol. The number of nitrogens with zero attached hydrogens (tertiary/aromatic N) is 2. The summed E-state index contributed by atoms with van der Waals surface area (Å²) in [6.45, 7) is 3.68. The molecule has 7 heteroatoms. The maximum Gasteiger partial charge on any atom is 0.416 e. The maximum absolute atomic E-state index is 12.9. The van der Waals surface area contributed by atoms with E-state index in [4.69, 9.17) is 4.42 Å². The van der Waals surface area contributed by atoms with Crippen molar-refractivity contribution in [3.8, 4) is 0 Å². The normalized spacial score (nSPS) is 21.9. The second-order valence-electron chi connectivity index (χ2n) is 7.52. The number of alkyl halides is 3. The topological polar surface area (TPSA) is 36.7 Å².